The summed E-state index contributed by atoms with van der Waals surface area (Å²) in [7, 11) is 0. The molecule has 2 aliphatic carbocycles. The average molecular weight is 676 g/mol. The van der Waals surface area contributed by atoms with E-state index in [1.807, 2.05) is 0 Å². The zero-order valence-corrected chi connectivity index (χ0v) is 24.9. The highest BCUT2D eigenvalue weighted by Crippen LogP contribution is 2.50. The van der Waals surface area contributed by atoms with Crippen LogP contribution in [0.5, 0.6) is 11.5 Å². The van der Waals surface area contributed by atoms with Crippen LogP contribution in [0.4, 0.5) is 26.3 Å². The number of alkyl halides is 5. The second kappa shape index (κ2) is 11.1. The molecular formula is C32H27F6N5O5. The smallest absolute Gasteiger partial charge is 0.424 e. The number of hydrogen-bond acceptors (Lipinski definition) is 7. The Kier molecular flexibility index (Phi) is 7.34. The molecule has 1 unspecified atom stereocenters. The Morgan fingerprint density at radius 1 is 1.12 bits per heavy atom. The summed E-state index contributed by atoms with van der Waals surface area (Å²) in [4.78, 5) is 29.7. The predicted octanol–water partition coefficient (Wildman–Crippen LogP) is 4.67. The number of carbonyl (C=O) groups is 2. The lowest BCUT2D eigenvalue weighted by molar-refractivity contribution is -0.265. The van der Waals surface area contributed by atoms with Crippen LogP contribution in [-0.2, 0) is 15.8 Å². The molecule has 48 heavy (non-hydrogen) atoms. The average Bonchev–Trinajstić information content (AvgIpc) is 3.97. The summed E-state index contributed by atoms with van der Waals surface area (Å²) < 4.78 is 100. The number of nitrogens with two attached hydrogens (primary N) is 1. The minimum Gasteiger partial charge on any atom is -0.489 e. The van der Waals surface area contributed by atoms with E-state index in [4.69, 9.17) is 15.2 Å². The third-order valence-corrected chi connectivity index (χ3v) is 8.82. The van der Waals surface area contributed by atoms with E-state index in [9.17, 15) is 41.0 Å². The van der Waals surface area contributed by atoms with Crippen molar-refractivity contribution >= 4 is 22.7 Å². The van der Waals surface area contributed by atoms with Gasteiger partial charge in [-0.3, -0.25) is 14.3 Å². The van der Waals surface area contributed by atoms with E-state index in [1.165, 1.54) is 12.1 Å². The summed E-state index contributed by atoms with van der Waals surface area (Å²) in [6, 6.07) is 7.58. The van der Waals surface area contributed by atoms with Crippen molar-refractivity contribution in [2.45, 2.75) is 61.4 Å². The standard InChI is InChI=1S/C32H27F6N5O5/c33-18-3-1-15(2-4-18)25-26-21(30(14-47-26,28(34)35)29(39)45)11-23(41-25)31(46,32(36,37)38)13-40-27(44)16-9-17-12-43(19-5-6-19)42-24(17)22(10-16)48-20-7-8-20/h1-4,9-12,19-20,28,46H,5-8,13-14H2,(H2,39,45)(H,40,44)/t30-,31?/m0/s1. The molecule has 2 aromatic heterocycles. The molecule has 2 amide bonds. The number of carbonyl (C=O) groups excluding carboxylic acids is 2. The largest absolute Gasteiger partial charge is 0.489 e. The Balaban J connectivity index is 1.28. The highest BCUT2D eigenvalue weighted by Gasteiger charge is 2.60. The molecule has 0 spiro atoms. The number of nitrogens with one attached hydrogen (secondary N) is 1. The van der Waals surface area contributed by atoms with Gasteiger partial charge in [0.1, 0.15) is 35.1 Å². The monoisotopic (exact) mass is 675 g/mol. The first-order valence-electron chi connectivity index (χ1n) is 15.0. The molecule has 2 saturated carbocycles. The van der Waals surface area contributed by atoms with Gasteiger partial charge in [-0.25, -0.2) is 18.2 Å². The van der Waals surface area contributed by atoms with Gasteiger partial charge in [0.25, 0.3) is 12.3 Å². The topological polar surface area (TPSA) is 142 Å². The van der Waals surface area contributed by atoms with Crippen LogP contribution in [0, 0.1) is 5.82 Å². The van der Waals surface area contributed by atoms with E-state index < -0.39 is 77.1 Å². The van der Waals surface area contributed by atoms with Crippen LogP contribution >= 0.6 is 0 Å². The fraction of sp³-hybridized carbons (Fsp3) is 0.375. The fourth-order valence-electron chi connectivity index (χ4n) is 5.66. The van der Waals surface area contributed by atoms with Crippen LogP contribution < -0.4 is 20.5 Å². The van der Waals surface area contributed by atoms with Crippen LogP contribution in [0.15, 0.2) is 48.7 Å². The molecule has 252 valence electrons. The lowest BCUT2D eigenvalue weighted by atomic mass is 9.80. The van der Waals surface area contributed by atoms with Crippen LogP contribution in [0.25, 0.3) is 22.2 Å². The van der Waals surface area contributed by atoms with Crippen molar-refractivity contribution in [1.82, 2.24) is 20.1 Å². The molecule has 1 aliphatic heterocycles. The first kappa shape index (κ1) is 31.7. The first-order valence-corrected chi connectivity index (χ1v) is 15.0. The molecule has 4 aromatic rings. The summed E-state index contributed by atoms with van der Waals surface area (Å²) in [6.45, 7) is -2.54. The molecule has 0 bridgehead atoms. The number of ether oxygens (including phenoxy) is 2. The Labute approximate surface area is 267 Å². The minimum absolute atomic E-state index is 0.0687. The number of benzene rings is 2. The summed E-state index contributed by atoms with van der Waals surface area (Å²) in [5.41, 5.74) is -3.64. The molecule has 4 N–H and O–H groups in total. The van der Waals surface area contributed by atoms with Crippen molar-refractivity contribution in [1.29, 1.82) is 0 Å². The van der Waals surface area contributed by atoms with Crippen molar-refractivity contribution in [3.63, 3.8) is 0 Å². The number of pyridine rings is 1. The van der Waals surface area contributed by atoms with Crippen LogP contribution in [-0.4, -0.2) is 63.5 Å². The van der Waals surface area contributed by atoms with Gasteiger partial charge < -0.3 is 25.6 Å². The lowest BCUT2D eigenvalue weighted by Crippen LogP contribution is -2.52. The van der Waals surface area contributed by atoms with E-state index in [0.29, 0.717) is 17.0 Å². The SMILES string of the molecule is NC(=O)[C@@]1(C(F)F)COc2c1cc(C(O)(CNC(=O)c1cc(OC3CC3)c3nn(C4CC4)cc3c1)C(F)(F)F)nc2-c1ccc(F)cc1. The Morgan fingerprint density at radius 3 is 2.44 bits per heavy atom. The van der Waals surface area contributed by atoms with Crippen LogP contribution in [0.1, 0.15) is 53.3 Å². The molecule has 0 saturated heterocycles. The minimum atomic E-state index is -5.54. The van der Waals surface area contributed by atoms with Gasteiger partial charge in [-0.2, -0.15) is 18.3 Å². The summed E-state index contributed by atoms with van der Waals surface area (Å²) >= 11 is 0. The molecule has 3 heterocycles. The number of aromatic nitrogens is 3. The van der Waals surface area contributed by atoms with Crippen LogP contribution in [0.3, 0.4) is 0 Å². The molecule has 10 nitrogen and oxygen atoms in total. The molecule has 16 heteroatoms. The molecule has 2 aromatic carbocycles. The number of primary amides is 1. The van der Waals surface area contributed by atoms with Crippen molar-refractivity contribution in [3.05, 3.63) is 71.3 Å². The molecule has 0 radical (unpaired) electrons. The second-order valence-corrected chi connectivity index (χ2v) is 12.3. The zero-order chi connectivity index (χ0) is 34.2. The molecule has 2 fully saturated rings. The Morgan fingerprint density at radius 2 is 1.83 bits per heavy atom. The Hall–Kier alpha value is -4.86. The third-order valence-electron chi connectivity index (χ3n) is 8.82. The van der Waals surface area contributed by atoms with Gasteiger partial charge in [0.05, 0.1) is 24.4 Å². The van der Waals surface area contributed by atoms with Gasteiger partial charge in [-0.15, -0.1) is 0 Å². The number of aliphatic hydroxyl groups is 1. The molecule has 7 rings (SSSR count). The Bertz CT molecular complexity index is 1940. The predicted molar refractivity (Wildman–Crippen MR) is 156 cm³/mol. The van der Waals surface area contributed by atoms with E-state index in [0.717, 1.165) is 49.9 Å². The normalized spacial score (nSPS) is 20.3. The summed E-state index contributed by atoms with van der Waals surface area (Å²) in [5.74, 6) is -3.52. The summed E-state index contributed by atoms with van der Waals surface area (Å²) in [6.07, 6.45) is -3.99. The van der Waals surface area contributed by atoms with E-state index in [1.54, 1.807) is 10.9 Å². The molecular weight excluding hydrogens is 648 g/mol. The number of fused-ring (bicyclic) bond motifs is 2. The number of amides is 2. The maximum absolute atomic E-state index is 14.8. The van der Waals surface area contributed by atoms with E-state index >= 15 is 0 Å². The quantitative estimate of drug-likeness (QED) is 0.208. The number of nitrogens with zero attached hydrogens (tertiary/aromatic N) is 3. The van der Waals surface area contributed by atoms with Gasteiger partial charge in [-0.1, -0.05) is 0 Å². The highest BCUT2D eigenvalue weighted by molar-refractivity contribution is 6.00. The number of hydrogen-bond donors (Lipinski definition) is 3. The number of halogens is 6. The molecule has 2 atom stereocenters. The van der Waals surface area contributed by atoms with Crippen molar-refractivity contribution < 1.29 is 50.5 Å². The first-order chi connectivity index (χ1) is 22.7. The fourth-order valence-corrected chi connectivity index (χ4v) is 5.66. The van der Waals surface area contributed by atoms with Gasteiger partial charge in [0, 0.05) is 28.3 Å². The van der Waals surface area contributed by atoms with E-state index in [2.05, 4.69) is 15.4 Å². The van der Waals surface area contributed by atoms with Crippen molar-refractivity contribution in [2.24, 2.45) is 5.73 Å². The van der Waals surface area contributed by atoms with Crippen molar-refractivity contribution in [3.8, 4) is 22.8 Å². The second-order valence-electron chi connectivity index (χ2n) is 12.3. The highest BCUT2D eigenvalue weighted by atomic mass is 19.4. The summed E-state index contributed by atoms with van der Waals surface area (Å²) in [5, 5.41) is 18.5. The zero-order valence-electron chi connectivity index (χ0n) is 24.9. The van der Waals surface area contributed by atoms with Gasteiger partial charge in [0.2, 0.25) is 11.5 Å². The number of rotatable bonds is 10. The van der Waals surface area contributed by atoms with Gasteiger partial charge in [0.15, 0.2) is 5.41 Å². The maximum Gasteiger partial charge on any atom is 0.424 e. The van der Waals surface area contributed by atoms with Gasteiger partial charge >= 0.3 is 6.18 Å². The molecule has 3 aliphatic rings. The van der Waals surface area contributed by atoms with Crippen LogP contribution in [0.2, 0.25) is 0 Å². The lowest BCUT2D eigenvalue weighted by Gasteiger charge is -2.32. The van der Waals surface area contributed by atoms with E-state index in [-0.39, 0.29) is 29.0 Å². The van der Waals surface area contributed by atoms with Gasteiger partial charge in [-0.05, 0) is 68.1 Å². The third kappa shape index (κ3) is 5.27. The maximum atomic E-state index is 14.8. The van der Waals surface area contributed by atoms with Crippen molar-refractivity contribution in [2.75, 3.05) is 13.2 Å².